The van der Waals surface area contributed by atoms with E-state index in [9.17, 15) is 8.42 Å². The lowest BCUT2D eigenvalue weighted by atomic mass is 9.91. The summed E-state index contributed by atoms with van der Waals surface area (Å²) in [6, 6.07) is 0.518. The highest BCUT2D eigenvalue weighted by atomic mass is 32.2. The first kappa shape index (κ1) is 16.5. The lowest BCUT2D eigenvalue weighted by molar-refractivity contribution is 0.350. The van der Waals surface area contributed by atoms with Crippen LogP contribution >= 0.6 is 0 Å². The Bertz CT molecular complexity index is 588. The predicted octanol–water partition coefficient (Wildman–Crippen LogP) is 1.68. The summed E-state index contributed by atoms with van der Waals surface area (Å²) in [4.78, 5) is 0.294. The first-order chi connectivity index (χ1) is 9.75. The van der Waals surface area contributed by atoms with Gasteiger partial charge in [-0.15, -0.1) is 0 Å². The minimum Gasteiger partial charge on any atom is -0.308 e. The quantitative estimate of drug-likeness (QED) is 0.681. The Hall–Kier alpha value is -0.920. The summed E-state index contributed by atoms with van der Waals surface area (Å²) in [6.45, 7) is 8.81. The average molecular weight is 314 g/mol. The number of nitrogens with one attached hydrogen (secondary N) is 3. The predicted molar refractivity (Wildman–Crippen MR) is 82.4 cm³/mol. The van der Waals surface area contributed by atoms with Crippen molar-refractivity contribution in [2.45, 2.75) is 64.4 Å². The van der Waals surface area contributed by atoms with E-state index in [0.29, 0.717) is 35.4 Å². The van der Waals surface area contributed by atoms with Crippen LogP contribution in [0.5, 0.6) is 0 Å². The summed E-state index contributed by atoms with van der Waals surface area (Å²) >= 11 is 0. The van der Waals surface area contributed by atoms with E-state index in [1.165, 1.54) is 0 Å². The number of aryl methyl sites for hydroxylation is 1. The van der Waals surface area contributed by atoms with E-state index in [1.54, 1.807) is 6.92 Å². The molecule has 1 heterocycles. The van der Waals surface area contributed by atoms with Gasteiger partial charge in [-0.25, -0.2) is 13.1 Å². The molecule has 1 saturated carbocycles. The van der Waals surface area contributed by atoms with E-state index in [2.05, 4.69) is 27.2 Å². The number of aromatic amines is 1. The zero-order chi connectivity index (χ0) is 15.7. The Morgan fingerprint density at radius 2 is 2.05 bits per heavy atom. The van der Waals surface area contributed by atoms with Crippen LogP contribution in [-0.4, -0.2) is 31.2 Å². The third-order valence-corrected chi connectivity index (χ3v) is 5.67. The van der Waals surface area contributed by atoms with E-state index < -0.39 is 10.0 Å². The van der Waals surface area contributed by atoms with Crippen LogP contribution in [0.1, 0.15) is 51.4 Å². The van der Waals surface area contributed by atoms with E-state index in [0.717, 1.165) is 19.3 Å². The Morgan fingerprint density at radius 3 is 2.62 bits per heavy atom. The molecule has 1 aromatic heterocycles. The molecule has 1 aliphatic carbocycles. The number of sulfonamides is 1. The van der Waals surface area contributed by atoms with Gasteiger partial charge in [0.1, 0.15) is 4.90 Å². The maximum absolute atomic E-state index is 12.6. The van der Waals surface area contributed by atoms with Crippen LogP contribution in [0.4, 0.5) is 0 Å². The van der Waals surface area contributed by atoms with E-state index in [1.807, 2.05) is 13.8 Å². The van der Waals surface area contributed by atoms with Gasteiger partial charge in [0.05, 0.1) is 11.4 Å². The fourth-order valence-corrected chi connectivity index (χ4v) is 3.56. The van der Waals surface area contributed by atoms with Crippen molar-refractivity contribution in [3.05, 3.63) is 11.4 Å². The van der Waals surface area contributed by atoms with Crippen LogP contribution in [-0.2, 0) is 16.6 Å². The number of nitrogens with zero attached hydrogens (tertiary/aromatic N) is 1. The molecule has 1 aliphatic rings. The molecule has 3 N–H and O–H groups in total. The summed E-state index contributed by atoms with van der Waals surface area (Å²) < 4.78 is 27.8. The fraction of sp³-hybridized carbons (Fsp3) is 0.786. The average Bonchev–Trinajstić information content (AvgIpc) is 3.17. The van der Waals surface area contributed by atoms with Crippen molar-refractivity contribution in [2.75, 3.05) is 6.54 Å². The van der Waals surface area contributed by atoms with Gasteiger partial charge >= 0.3 is 0 Å². The first-order valence-electron chi connectivity index (χ1n) is 7.52. The van der Waals surface area contributed by atoms with E-state index in [4.69, 9.17) is 0 Å². The number of rotatable bonds is 8. The molecular formula is C14H26N4O2S. The first-order valence-corrected chi connectivity index (χ1v) is 9.00. The molecule has 0 radical (unpaired) electrons. The molecule has 6 nitrogen and oxygen atoms in total. The van der Waals surface area contributed by atoms with Crippen molar-refractivity contribution in [3.63, 3.8) is 0 Å². The van der Waals surface area contributed by atoms with Gasteiger partial charge in [-0.3, -0.25) is 5.10 Å². The largest absolute Gasteiger partial charge is 0.308 e. The molecule has 120 valence electrons. The summed E-state index contributed by atoms with van der Waals surface area (Å²) in [5.74, 6) is 0. The van der Waals surface area contributed by atoms with Crippen molar-refractivity contribution >= 4 is 10.0 Å². The van der Waals surface area contributed by atoms with E-state index in [-0.39, 0.29) is 5.41 Å². The van der Waals surface area contributed by atoms with Crippen LogP contribution in [0, 0.1) is 12.3 Å². The van der Waals surface area contributed by atoms with Crippen LogP contribution in [0.15, 0.2) is 4.90 Å². The Balaban J connectivity index is 2.12. The Labute approximate surface area is 127 Å². The van der Waals surface area contributed by atoms with Crippen LogP contribution in [0.2, 0.25) is 0 Å². The van der Waals surface area contributed by atoms with Gasteiger partial charge in [0.2, 0.25) is 10.0 Å². The third kappa shape index (κ3) is 4.28. The highest BCUT2D eigenvalue weighted by Crippen LogP contribution is 2.23. The smallest absolute Gasteiger partial charge is 0.244 e. The molecule has 1 aromatic rings. The second-order valence-electron chi connectivity index (χ2n) is 6.62. The number of hydrogen-bond donors (Lipinski definition) is 3. The molecule has 0 spiro atoms. The highest BCUT2D eigenvalue weighted by molar-refractivity contribution is 7.89. The standard InChI is InChI=1S/C14H26N4O2S/c1-5-14(3,4)9-16-21(19,20)13-10(2)17-18-12(13)8-15-11-6-7-11/h11,15-16H,5-9H2,1-4H3,(H,17,18). The molecule has 0 unspecified atom stereocenters. The number of hydrogen-bond acceptors (Lipinski definition) is 4. The van der Waals surface area contributed by atoms with Crippen LogP contribution < -0.4 is 10.0 Å². The van der Waals surface area contributed by atoms with Crippen LogP contribution in [0.25, 0.3) is 0 Å². The molecule has 0 aliphatic heterocycles. The van der Waals surface area contributed by atoms with Crippen molar-refractivity contribution in [1.29, 1.82) is 0 Å². The van der Waals surface area contributed by atoms with Gasteiger partial charge in [-0.05, 0) is 31.6 Å². The monoisotopic (exact) mass is 314 g/mol. The van der Waals surface area contributed by atoms with Crippen LogP contribution in [0.3, 0.4) is 0 Å². The van der Waals surface area contributed by atoms with Crippen molar-refractivity contribution in [2.24, 2.45) is 5.41 Å². The van der Waals surface area contributed by atoms with Crippen molar-refractivity contribution in [3.8, 4) is 0 Å². The fourth-order valence-electron chi connectivity index (χ4n) is 1.96. The molecule has 1 fully saturated rings. The van der Waals surface area contributed by atoms with Gasteiger partial charge < -0.3 is 5.32 Å². The zero-order valence-corrected chi connectivity index (χ0v) is 14.1. The molecular weight excluding hydrogens is 288 g/mol. The van der Waals surface area contributed by atoms with Gasteiger partial charge in [-0.2, -0.15) is 5.10 Å². The molecule has 2 rings (SSSR count). The molecule has 7 heteroatoms. The lowest BCUT2D eigenvalue weighted by Gasteiger charge is -2.22. The molecule has 21 heavy (non-hydrogen) atoms. The second kappa shape index (κ2) is 6.06. The second-order valence-corrected chi connectivity index (χ2v) is 8.33. The molecule has 0 bridgehead atoms. The molecule has 0 amide bonds. The third-order valence-electron chi connectivity index (χ3n) is 4.06. The van der Waals surface area contributed by atoms with Gasteiger partial charge in [0.15, 0.2) is 0 Å². The van der Waals surface area contributed by atoms with Gasteiger partial charge in [-0.1, -0.05) is 20.8 Å². The van der Waals surface area contributed by atoms with Crippen molar-refractivity contribution in [1.82, 2.24) is 20.2 Å². The molecule has 0 saturated heterocycles. The summed E-state index contributed by atoms with van der Waals surface area (Å²) in [7, 11) is -3.53. The number of aromatic nitrogens is 2. The van der Waals surface area contributed by atoms with Gasteiger partial charge in [0, 0.05) is 19.1 Å². The molecule has 0 atom stereocenters. The normalized spacial score (nSPS) is 16.4. The maximum atomic E-state index is 12.6. The minimum atomic E-state index is -3.53. The summed E-state index contributed by atoms with van der Waals surface area (Å²) in [6.07, 6.45) is 3.23. The SMILES string of the molecule is CCC(C)(C)CNS(=O)(=O)c1c(CNC2CC2)n[nH]c1C. The highest BCUT2D eigenvalue weighted by Gasteiger charge is 2.28. The number of H-pyrrole nitrogens is 1. The van der Waals surface area contributed by atoms with E-state index >= 15 is 0 Å². The lowest BCUT2D eigenvalue weighted by Crippen LogP contribution is -2.34. The minimum absolute atomic E-state index is 0.0584. The molecule has 0 aromatic carbocycles. The van der Waals surface area contributed by atoms with Gasteiger partial charge in [0.25, 0.3) is 0 Å². The maximum Gasteiger partial charge on any atom is 0.244 e. The Morgan fingerprint density at radius 1 is 1.38 bits per heavy atom. The topological polar surface area (TPSA) is 86.9 Å². The summed E-state index contributed by atoms with van der Waals surface area (Å²) in [5.41, 5.74) is 1.10. The zero-order valence-electron chi connectivity index (χ0n) is 13.3. The Kier molecular flexibility index (Phi) is 4.75. The van der Waals surface area contributed by atoms with Crippen molar-refractivity contribution < 1.29 is 8.42 Å². The summed E-state index contributed by atoms with van der Waals surface area (Å²) in [5, 5.41) is 10.2.